The number of carbonyl (C=O) groups excluding carboxylic acids is 1. The standard InChI is InChI=1S/C19H20ClNO4S/c1-25-16-5-7-17(8-6-16)26(23,24)18-9-11-21(12-10-18)19(22)14-3-2-4-15(20)13-14/h2-8,13,18H,9-12H2,1H3. The van der Waals surface area contributed by atoms with Gasteiger partial charge in [-0.15, -0.1) is 0 Å². The number of halogens is 1. The van der Waals surface area contributed by atoms with Crippen LogP contribution in [0.3, 0.4) is 0 Å². The van der Waals surface area contributed by atoms with Gasteiger partial charge in [0.25, 0.3) is 5.91 Å². The van der Waals surface area contributed by atoms with Crippen molar-refractivity contribution < 1.29 is 17.9 Å². The number of nitrogens with zero attached hydrogens (tertiary/aromatic N) is 1. The summed E-state index contributed by atoms with van der Waals surface area (Å²) in [5.74, 6) is 0.499. The Morgan fingerprint density at radius 1 is 1.12 bits per heavy atom. The molecule has 138 valence electrons. The van der Waals surface area contributed by atoms with Gasteiger partial charge in [0, 0.05) is 23.7 Å². The van der Waals surface area contributed by atoms with Crippen LogP contribution in [0.4, 0.5) is 0 Å². The third-order valence-electron chi connectivity index (χ3n) is 4.63. The number of methoxy groups -OCH3 is 1. The van der Waals surface area contributed by atoms with E-state index in [0.717, 1.165) is 0 Å². The van der Waals surface area contributed by atoms with Crippen molar-refractivity contribution in [2.24, 2.45) is 0 Å². The predicted octanol–water partition coefficient (Wildman–Crippen LogP) is 3.43. The molecule has 2 aromatic rings. The van der Waals surface area contributed by atoms with E-state index in [9.17, 15) is 13.2 Å². The molecule has 0 aromatic heterocycles. The number of likely N-dealkylation sites (tertiary alicyclic amines) is 1. The Labute approximate surface area is 158 Å². The monoisotopic (exact) mass is 393 g/mol. The maximum Gasteiger partial charge on any atom is 0.253 e. The fraction of sp³-hybridized carbons (Fsp3) is 0.316. The highest BCUT2D eigenvalue weighted by Crippen LogP contribution is 2.27. The molecular formula is C19H20ClNO4S. The Morgan fingerprint density at radius 3 is 2.35 bits per heavy atom. The lowest BCUT2D eigenvalue weighted by Gasteiger charge is -2.31. The SMILES string of the molecule is COc1ccc(S(=O)(=O)C2CCN(C(=O)c3cccc(Cl)c3)CC2)cc1. The number of hydrogen-bond donors (Lipinski definition) is 0. The highest BCUT2D eigenvalue weighted by Gasteiger charge is 2.33. The van der Waals surface area contributed by atoms with Crippen LogP contribution < -0.4 is 4.74 Å². The maximum atomic E-state index is 12.8. The zero-order valence-electron chi connectivity index (χ0n) is 14.4. The highest BCUT2D eigenvalue weighted by molar-refractivity contribution is 7.92. The average Bonchev–Trinajstić information content (AvgIpc) is 2.67. The van der Waals surface area contributed by atoms with Crippen LogP contribution in [0.2, 0.25) is 5.02 Å². The molecule has 0 radical (unpaired) electrons. The van der Waals surface area contributed by atoms with Crippen molar-refractivity contribution in [3.05, 3.63) is 59.1 Å². The summed E-state index contributed by atoms with van der Waals surface area (Å²) in [6.45, 7) is 0.816. The largest absolute Gasteiger partial charge is 0.497 e. The van der Waals surface area contributed by atoms with E-state index in [1.54, 1.807) is 53.4 Å². The smallest absolute Gasteiger partial charge is 0.253 e. The number of piperidine rings is 1. The van der Waals surface area contributed by atoms with Crippen LogP contribution in [0, 0.1) is 0 Å². The molecule has 5 nitrogen and oxygen atoms in total. The summed E-state index contributed by atoms with van der Waals surface area (Å²) in [6, 6.07) is 13.2. The van der Waals surface area contributed by atoms with E-state index < -0.39 is 15.1 Å². The van der Waals surface area contributed by atoms with E-state index in [2.05, 4.69) is 0 Å². The van der Waals surface area contributed by atoms with Gasteiger partial charge in [0.1, 0.15) is 5.75 Å². The molecule has 2 aromatic carbocycles. The minimum absolute atomic E-state index is 0.118. The average molecular weight is 394 g/mol. The quantitative estimate of drug-likeness (QED) is 0.798. The van der Waals surface area contributed by atoms with Crippen molar-refractivity contribution in [3.63, 3.8) is 0 Å². The van der Waals surface area contributed by atoms with Gasteiger partial charge in [-0.2, -0.15) is 0 Å². The van der Waals surface area contributed by atoms with Crippen molar-refractivity contribution in [1.29, 1.82) is 0 Å². The second kappa shape index (κ2) is 7.68. The summed E-state index contributed by atoms with van der Waals surface area (Å²) in [5, 5.41) is 0.0205. The van der Waals surface area contributed by atoms with Crippen LogP contribution in [-0.4, -0.2) is 44.7 Å². The van der Waals surface area contributed by atoms with Crippen LogP contribution in [0.15, 0.2) is 53.4 Å². The van der Waals surface area contributed by atoms with Gasteiger partial charge in [-0.25, -0.2) is 8.42 Å². The lowest BCUT2D eigenvalue weighted by atomic mass is 10.1. The zero-order valence-corrected chi connectivity index (χ0v) is 16.0. The summed E-state index contributed by atoms with van der Waals surface area (Å²) in [4.78, 5) is 14.5. The predicted molar refractivity (Wildman–Crippen MR) is 101 cm³/mol. The van der Waals surface area contributed by atoms with Gasteiger partial charge in [0.15, 0.2) is 9.84 Å². The highest BCUT2D eigenvalue weighted by atomic mass is 35.5. The van der Waals surface area contributed by atoms with Crippen molar-refractivity contribution in [3.8, 4) is 5.75 Å². The summed E-state index contributed by atoms with van der Waals surface area (Å²) < 4.78 is 30.7. The molecule has 1 aliphatic rings. The van der Waals surface area contributed by atoms with E-state index in [-0.39, 0.29) is 10.8 Å². The van der Waals surface area contributed by atoms with Gasteiger partial charge in [0.05, 0.1) is 17.3 Å². The van der Waals surface area contributed by atoms with Gasteiger partial charge in [0.2, 0.25) is 0 Å². The number of amides is 1. The second-order valence-corrected chi connectivity index (χ2v) is 8.89. The van der Waals surface area contributed by atoms with Crippen LogP contribution in [-0.2, 0) is 9.84 Å². The van der Waals surface area contributed by atoms with Crippen LogP contribution in [0.5, 0.6) is 5.75 Å². The third-order valence-corrected chi connectivity index (χ3v) is 7.14. The van der Waals surface area contributed by atoms with E-state index >= 15 is 0 Å². The first kappa shape index (κ1) is 18.7. The molecule has 26 heavy (non-hydrogen) atoms. The Kier molecular flexibility index (Phi) is 5.53. The molecule has 0 unspecified atom stereocenters. The molecule has 0 aliphatic carbocycles. The molecule has 1 heterocycles. The van der Waals surface area contributed by atoms with E-state index in [0.29, 0.717) is 42.3 Å². The van der Waals surface area contributed by atoms with Crippen LogP contribution in [0.25, 0.3) is 0 Å². The first-order valence-electron chi connectivity index (χ1n) is 8.34. The van der Waals surface area contributed by atoms with Crippen molar-refractivity contribution in [2.45, 2.75) is 23.0 Å². The Bertz CT molecular complexity index is 888. The van der Waals surface area contributed by atoms with Gasteiger partial charge < -0.3 is 9.64 Å². The molecule has 0 bridgehead atoms. The van der Waals surface area contributed by atoms with Crippen molar-refractivity contribution in [2.75, 3.05) is 20.2 Å². The Balaban J connectivity index is 1.68. The molecule has 1 amide bonds. The molecule has 0 N–H and O–H groups in total. The Morgan fingerprint density at radius 2 is 1.77 bits per heavy atom. The molecule has 7 heteroatoms. The topological polar surface area (TPSA) is 63.7 Å². The van der Waals surface area contributed by atoms with E-state index in [4.69, 9.17) is 16.3 Å². The second-order valence-electron chi connectivity index (χ2n) is 6.22. The summed E-state index contributed by atoms with van der Waals surface area (Å²) in [5.41, 5.74) is 0.522. The summed E-state index contributed by atoms with van der Waals surface area (Å²) in [6.07, 6.45) is 0.835. The number of hydrogen-bond acceptors (Lipinski definition) is 4. The van der Waals surface area contributed by atoms with Crippen molar-refractivity contribution in [1.82, 2.24) is 4.90 Å². The number of benzene rings is 2. The number of sulfone groups is 1. The number of rotatable bonds is 4. The number of carbonyl (C=O) groups is 1. The number of ether oxygens (including phenoxy) is 1. The first-order valence-corrected chi connectivity index (χ1v) is 10.3. The lowest BCUT2D eigenvalue weighted by molar-refractivity contribution is 0.0725. The molecule has 0 saturated carbocycles. The van der Waals surface area contributed by atoms with E-state index in [1.165, 1.54) is 7.11 Å². The fourth-order valence-corrected chi connectivity index (χ4v) is 5.05. The van der Waals surface area contributed by atoms with Crippen LogP contribution >= 0.6 is 11.6 Å². The normalized spacial score (nSPS) is 15.7. The summed E-state index contributed by atoms with van der Waals surface area (Å²) >= 11 is 5.94. The zero-order chi connectivity index (χ0) is 18.7. The minimum atomic E-state index is -3.42. The molecule has 1 fully saturated rings. The third kappa shape index (κ3) is 3.86. The van der Waals surface area contributed by atoms with Gasteiger partial charge >= 0.3 is 0 Å². The van der Waals surface area contributed by atoms with Gasteiger partial charge in [-0.3, -0.25) is 4.79 Å². The molecular weight excluding hydrogens is 374 g/mol. The first-order chi connectivity index (χ1) is 12.4. The summed E-state index contributed by atoms with van der Waals surface area (Å²) in [7, 11) is -1.88. The minimum Gasteiger partial charge on any atom is -0.497 e. The molecule has 0 spiro atoms. The molecule has 3 rings (SSSR count). The van der Waals surface area contributed by atoms with Crippen molar-refractivity contribution >= 4 is 27.3 Å². The van der Waals surface area contributed by atoms with E-state index in [1.807, 2.05) is 0 Å². The lowest BCUT2D eigenvalue weighted by Crippen LogP contribution is -2.42. The molecule has 1 aliphatic heterocycles. The molecule has 0 atom stereocenters. The van der Waals surface area contributed by atoms with Crippen LogP contribution in [0.1, 0.15) is 23.2 Å². The van der Waals surface area contributed by atoms with Gasteiger partial charge in [-0.05, 0) is 55.3 Å². The van der Waals surface area contributed by atoms with Gasteiger partial charge in [-0.1, -0.05) is 17.7 Å². The molecule has 1 saturated heterocycles. The Hall–Kier alpha value is -2.05. The maximum absolute atomic E-state index is 12.8. The fourth-order valence-electron chi connectivity index (χ4n) is 3.13.